The number of hydrogen-bond acceptors (Lipinski definition) is 8. The van der Waals surface area contributed by atoms with E-state index in [1.165, 1.54) is 26.4 Å². The summed E-state index contributed by atoms with van der Waals surface area (Å²) < 4.78 is 37.6. The Hall–Kier alpha value is -2.36. The summed E-state index contributed by atoms with van der Waals surface area (Å²) in [6, 6.07) is 3.94. The molecule has 1 fully saturated rings. The van der Waals surface area contributed by atoms with Gasteiger partial charge in [0.25, 0.3) is 0 Å². The van der Waals surface area contributed by atoms with Gasteiger partial charge in [0.05, 0.1) is 35.4 Å². The third-order valence-corrected chi connectivity index (χ3v) is 7.38. The van der Waals surface area contributed by atoms with E-state index >= 15 is 0 Å². The van der Waals surface area contributed by atoms with Crippen molar-refractivity contribution in [2.24, 2.45) is 0 Å². The number of carbonyl (C=O) groups is 1. The molecule has 2 aliphatic heterocycles. The van der Waals surface area contributed by atoms with Crippen LogP contribution in [0.25, 0.3) is 0 Å². The smallest absolute Gasteiger partial charge is 0.219 e. The van der Waals surface area contributed by atoms with Gasteiger partial charge in [0.1, 0.15) is 11.8 Å². The molecule has 8 nitrogen and oxygen atoms in total. The number of ether oxygens (including phenoxy) is 2. The van der Waals surface area contributed by atoms with E-state index in [4.69, 9.17) is 9.47 Å². The van der Waals surface area contributed by atoms with Crippen LogP contribution in [0.3, 0.4) is 0 Å². The molecule has 4 rings (SSSR count). The van der Waals surface area contributed by atoms with Crippen LogP contribution in [-0.4, -0.2) is 77.5 Å². The number of nitrogens with one attached hydrogen (secondary N) is 1. The minimum Gasteiger partial charge on any atom is -0.497 e. The maximum Gasteiger partial charge on any atom is 0.219 e. The van der Waals surface area contributed by atoms with E-state index in [-0.39, 0.29) is 21.3 Å². The number of sulfone groups is 1. The van der Waals surface area contributed by atoms with E-state index < -0.39 is 15.9 Å². The van der Waals surface area contributed by atoms with Gasteiger partial charge in [0.2, 0.25) is 15.6 Å². The summed E-state index contributed by atoms with van der Waals surface area (Å²) >= 11 is 0. The van der Waals surface area contributed by atoms with E-state index in [1.54, 1.807) is 12.1 Å². The molecule has 1 saturated heterocycles. The number of anilines is 1. The Labute approximate surface area is 164 Å². The summed E-state index contributed by atoms with van der Waals surface area (Å²) in [6.07, 6.45) is 1.48. The first-order chi connectivity index (χ1) is 13.4. The SMILES string of the molecule is COC1=CC2=C(C(N3CCN(C)CC3)C1=O)S(=O)(=O)c1cc(OC)ccc1N2. The average Bonchev–Trinajstić information content (AvgIpc) is 2.69. The summed E-state index contributed by atoms with van der Waals surface area (Å²) in [7, 11) is 1.02. The lowest BCUT2D eigenvalue weighted by Gasteiger charge is -2.40. The highest BCUT2D eigenvalue weighted by Crippen LogP contribution is 2.42. The molecular weight excluding hydrogens is 382 g/mol. The van der Waals surface area contributed by atoms with E-state index in [0.29, 0.717) is 30.2 Å². The number of nitrogens with zero attached hydrogens (tertiary/aromatic N) is 2. The van der Waals surface area contributed by atoms with Gasteiger partial charge >= 0.3 is 0 Å². The molecule has 0 aromatic heterocycles. The second-order valence-electron chi connectivity index (χ2n) is 7.09. The fraction of sp³-hybridized carbons (Fsp3) is 0.421. The van der Waals surface area contributed by atoms with E-state index in [2.05, 4.69) is 10.2 Å². The summed E-state index contributed by atoms with van der Waals surface area (Å²) in [5.41, 5.74) is 0.843. The Morgan fingerprint density at radius 1 is 1.11 bits per heavy atom. The van der Waals surface area contributed by atoms with Crippen molar-refractivity contribution in [1.82, 2.24) is 9.80 Å². The number of Topliss-reactive ketones (excluding diaryl/α,β-unsaturated/α-hetero) is 1. The highest BCUT2D eigenvalue weighted by atomic mass is 32.2. The second-order valence-corrected chi connectivity index (χ2v) is 8.97. The summed E-state index contributed by atoms with van der Waals surface area (Å²) in [4.78, 5) is 17.4. The molecule has 1 aromatic carbocycles. The van der Waals surface area contributed by atoms with Crippen LogP contribution in [0.2, 0.25) is 0 Å². The van der Waals surface area contributed by atoms with Crippen LogP contribution >= 0.6 is 0 Å². The van der Waals surface area contributed by atoms with E-state index in [9.17, 15) is 13.2 Å². The van der Waals surface area contributed by atoms with E-state index in [1.807, 2.05) is 11.9 Å². The van der Waals surface area contributed by atoms with Crippen molar-refractivity contribution in [3.05, 3.63) is 40.6 Å². The first kappa shape index (κ1) is 19.0. The molecule has 28 heavy (non-hydrogen) atoms. The zero-order valence-corrected chi connectivity index (χ0v) is 16.9. The number of piperazine rings is 1. The number of likely N-dealkylation sites (N-methyl/N-ethyl adjacent to an activating group) is 1. The Balaban J connectivity index is 1.86. The Bertz CT molecular complexity index is 991. The van der Waals surface area contributed by atoms with Crippen LogP contribution in [0.15, 0.2) is 45.5 Å². The van der Waals surface area contributed by atoms with Gasteiger partial charge in [-0.05, 0) is 19.2 Å². The molecule has 0 bridgehead atoms. The number of benzene rings is 1. The van der Waals surface area contributed by atoms with E-state index in [0.717, 1.165) is 13.1 Å². The fourth-order valence-electron chi connectivity index (χ4n) is 3.85. The number of methoxy groups -OCH3 is 2. The number of carbonyl (C=O) groups excluding carboxylic acids is 1. The van der Waals surface area contributed by atoms with Crippen molar-refractivity contribution < 1.29 is 22.7 Å². The standard InChI is InChI=1S/C19H23N3O5S/c1-21-6-8-22(9-7-21)17-18(23)15(27-3)11-14-19(17)28(24,25)16-10-12(26-2)4-5-13(16)20-14/h4-5,10-11,17,20H,6-9H2,1-3H3. The second kappa shape index (κ2) is 6.91. The summed E-state index contributed by atoms with van der Waals surface area (Å²) in [6.45, 7) is 2.72. The molecule has 150 valence electrons. The molecule has 0 radical (unpaired) electrons. The van der Waals surface area contributed by atoms with Gasteiger partial charge in [0, 0.05) is 38.3 Å². The zero-order chi connectivity index (χ0) is 20.1. The third-order valence-electron chi connectivity index (χ3n) is 5.44. The molecule has 3 aliphatic rings. The maximum atomic E-state index is 13.6. The number of ketones is 1. The molecule has 1 aromatic rings. The van der Waals surface area contributed by atoms with Crippen LogP contribution in [0, 0.1) is 0 Å². The molecule has 1 unspecified atom stereocenters. The lowest BCUT2D eigenvalue weighted by molar-refractivity contribution is -0.123. The molecule has 2 heterocycles. The number of fused-ring (bicyclic) bond motifs is 1. The van der Waals surface area contributed by atoms with Crippen molar-refractivity contribution in [3.8, 4) is 5.75 Å². The summed E-state index contributed by atoms with van der Waals surface area (Å²) in [5.74, 6) is 0.268. The molecule has 1 atom stereocenters. The predicted molar refractivity (Wildman–Crippen MR) is 104 cm³/mol. The topological polar surface area (TPSA) is 88.2 Å². The largest absolute Gasteiger partial charge is 0.497 e. The fourth-order valence-corrected chi connectivity index (χ4v) is 5.72. The van der Waals surface area contributed by atoms with Crippen molar-refractivity contribution in [2.75, 3.05) is 52.8 Å². The maximum absolute atomic E-state index is 13.6. The van der Waals surface area contributed by atoms with Crippen LogP contribution in [0.5, 0.6) is 5.75 Å². The number of rotatable bonds is 3. The molecule has 0 saturated carbocycles. The molecule has 1 N–H and O–H groups in total. The molecule has 0 spiro atoms. The Morgan fingerprint density at radius 2 is 1.82 bits per heavy atom. The number of allylic oxidation sites excluding steroid dienone is 1. The van der Waals surface area contributed by atoms with Crippen molar-refractivity contribution in [2.45, 2.75) is 10.9 Å². The Morgan fingerprint density at radius 3 is 2.46 bits per heavy atom. The van der Waals surface area contributed by atoms with Crippen LogP contribution in [-0.2, 0) is 19.4 Å². The van der Waals surface area contributed by atoms with Crippen LogP contribution < -0.4 is 10.1 Å². The predicted octanol–water partition coefficient (Wildman–Crippen LogP) is 0.835. The molecular formula is C19H23N3O5S. The van der Waals surface area contributed by atoms with Crippen molar-refractivity contribution >= 4 is 21.3 Å². The van der Waals surface area contributed by atoms with Gasteiger partial charge in [-0.2, -0.15) is 0 Å². The molecule has 1 aliphatic carbocycles. The zero-order valence-electron chi connectivity index (χ0n) is 16.1. The first-order valence-corrected chi connectivity index (χ1v) is 10.5. The highest BCUT2D eigenvalue weighted by molar-refractivity contribution is 7.95. The lowest BCUT2D eigenvalue weighted by Crippen LogP contribution is -2.55. The molecule has 0 amide bonds. The van der Waals surface area contributed by atoms with Gasteiger partial charge in [-0.25, -0.2) is 8.42 Å². The normalized spacial score (nSPS) is 24.8. The van der Waals surface area contributed by atoms with Gasteiger partial charge < -0.3 is 19.7 Å². The van der Waals surface area contributed by atoms with Gasteiger partial charge in [-0.15, -0.1) is 0 Å². The summed E-state index contributed by atoms with van der Waals surface area (Å²) in [5, 5.41) is 3.17. The third kappa shape index (κ3) is 2.90. The minimum absolute atomic E-state index is 0.0867. The van der Waals surface area contributed by atoms with Gasteiger partial charge in [-0.1, -0.05) is 0 Å². The van der Waals surface area contributed by atoms with Crippen LogP contribution in [0.4, 0.5) is 5.69 Å². The molecule has 9 heteroatoms. The Kier molecular flexibility index (Phi) is 4.68. The first-order valence-electron chi connectivity index (χ1n) is 9.03. The van der Waals surface area contributed by atoms with Gasteiger partial charge in [0.15, 0.2) is 5.76 Å². The van der Waals surface area contributed by atoms with Crippen molar-refractivity contribution in [3.63, 3.8) is 0 Å². The average molecular weight is 405 g/mol. The number of hydrogen-bond donors (Lipinski definition) is 1. The quantitative estimate of drug-likeness (QED) is 0.791. The monoisotopic (exact) mass is 405 g/mol. The van der Waals surface area contributed by atoms with Crippen LogP contribution in [0.1, 0.15) is 0 Å². The highest BCUT2D eigenvalue weighted by Gasteiger charge is 2.46. The van der Waals surface area contributed by atoms with Crippen molar-refractivity contribution in [1.29, 1.82) is 0 Å². The van der Waals surface area contributed by atoms with Gasteiger partial charge in [-0.3, -0.25) is 9.69 Å². The lowest BCUT2D eigenvalue weighted by atomic mass is 10.00. The minimum atomic E-state index is -3.89.